The van der Waals surface area contributed by atoms with E-state index in [1.54, 1.807) is 22.7 Å². The molecule has 0 spiro atoms. The molecule has 0 bridgehead atoms. The Kier molecular flexibility index (Phi) is 3.01. The topological polar surface area (TPSA) is 38.9 Å². The van der Waals surface area contributed by atoms with Gasteiger partial charge in [0.2, 0.25) is 5.89 Å². The standard InChI is InChI=1S/C13H12N2OS2/c1-3-9-8(2)18-7-10(9)12-14-15-13(16-12)11-5-4-6-17-11/h4-7H,3H2,1-2H3. The van der Waals surface area contributed by atoms with E-state index in [1.165, 1.54) is 10.4 Å². The molecule has 3 nitrogen and oxygen atoms in total. The Bertz CT molecular complexity index is 652. The number of aromatic nitrogens is 2. The van der Waals surface area contributed by atoms with Crippen LogP contribution in [0, 0.1) is 6.92 Å². The van der Waals surface area contributed by atoms with Crippen molar-refractivity contribution in [1.82, 2.24) is 10.2 Å². The third-order valence-electron chi connectivity index (χ3n) is 2.84. The van der Waals surface area contributed by atoms with E-state index < -0.39 is 0 Å². The van der Waals surface area contributed by atoms with Gasteiger partial charge in [0.05, 0.1) is 10.4 Å². The number of hydrogen-bond donors (Lipinski definition) is 0. The van der Waals surface area contributed by atoms with E-state index in [0.717, 1.165) is 16.9 Å². The minimum absolute atomic E-state index is 0.603. The van der Waals surface area contributed by atoms with Crippen LogP contribution in [0.5, 0.6) is 0 Å². The zero-order valence-corrected chi connectivity index (χ0v) is 11.8. The molecule has 0 aliphatic carbocycles. The molecule has 0 aromatic carbocycles. The zero-order chi connectivity index (χ0) is 12.5. The average molecular weight is 276 g/mol. The van der Waals surface area contributed by atoms with Crippen molar-refractivity contribution in [2.45, 2.75) is 20.3 Å². The third-order valence-corrected chi connectivity index (χ3v) is 4.66. The first kappa shape index (κ1) is 11.6. The average Bonchev–Trinajstić information content (AvgIpc) is 3.08. The summed E-state index contributed by atoms with van der Waals surface area (Å²) in [7, 11) is 0. The first-order chi connectivity index (χ1) is 8.79. The summed E-state index contributed by atoms with van der Waals surface area (Å²) in [5.74, 6) is 1.23. The van der Waals surface area contributed by atoms with E-state index in [9.17, 15) is 0 Å². The Morgan fingerprint density at radius 3 is 2.78 bits per heavy atom. The lowest BCUT2D eigenvalue weighted by molar-refractivity contribution is 0.585. The fourth-order valence-corrected chi connectivity index (χ4v) is 3.51. The second kappa shape index (κ2) is 4.66. The summed E-state index contributed by atoms with van der Waals surface area (Å²) in [6.45, 7) is 4.28. The zero-order valence-electron chi connectivity index (χ0n) is 10.1. The molecule has 0 amide bonds. The van der Waals surface area contributed by atoms with E-state index >= 15 is 0 Å². The molecule has 18 heavy (non-hydrogen) atoms. The number of hydrogen-bond acceptors (Lipinski definition) is 5. The minimum atomic E-state index is 0.603. The van der Waals surface area contributed by atoms with Gasteiger partial charge in [-0.2, -0.15) is 0 Å². The number of rotatable bonds is 3. The van der Waals surface area contributed by atoms with Gasteiger partial charge in [0, 0.05) is 10.3 Å². The molecular weight excluding hydrogens is 264 g/mol. The SMILES string of the molecule is CCc1c(-c2nnc(-c3cccs3)o2)csc1C. The van der Waals surface area contributed by atoms with Gasteiger partial charge in [0.1, 0.15) is 0 Å². The van der Waals surface area contributed by atoms with Gasteiger partial charge in [-0.1, -0.05) is 13.0 Å². The maximum atomic E-state index is 5.76. The Labute approximate surface area is 113 Å². The predicted octanol–water partition coefficient (Wildman–Crippen LogP) is 4.40. The Hall–Kier alpha value is -1.46. The van der Waals surface area contributed by atoms with Crippen molar-refractivity contribution in [1.29, 1.82) is 0 Å². The molecule has 5 heteroatoms. The second-order valence-electron chi connectivity index (χ2n) is 3.93. The molecule has 0 radical (unpaired) electrons. The van der Waals surface area contributed by atoms with E-state index in [-0.39, 0.29) is 0 Å². The fourth-order valence-electron chi connectivity index (χ4n) is 1.93. The Balaban J connectivity index is 2.03. The van der Waals surface area contributed by atoms with Gasteiger partial charge >= 0.3 is 0 Å². The van der Waals surface area contributed by atoms with Crippen LogP contribution < -0.4 is 0 Å². The molecule has 0 aliphatic heterocycles. The number of aryl methyl sites for hydroxylation is 1. The molecule has 0 atom stereocenters. The van der Waals surface area contributed by atoms with Gasteiger partial charge in [-0.05, 0) is 30.4 Å². The highest BCUT2D eigenvalue weighted by Gasteiger charge is 2.16. The molecule has 0 fully saturated rings. The van der Waals surface area contributed by atoms with Crippen LogP contribution in [0.15, 0.2) is 27.3 Å². The van der Waals surface area contributed by atoms with Crippen LogP contribution >= 0.6 is 22.7 Å². The Morgan fingerprint density at radius 2 is 2.06 bits per heavy atom. The van der Waals surface area contributed by atoms with Crippen LogP contribution in [0.2, 0.25) is 0 Å². The number of nitrogens with zero attached hydrogens (tertiary/aromatic N) is 2. The lowest BCUT2D eigenvalue weighted by Crippen LogP contribution is -1.84. The normalized spacial score (nSPS) is 11.0. The van der Waals surface area contributed by atoms with Gasteiger partial charge in [0.15, 0.2) is 0 Å². The minimum Gasteiger partial charge on any atom is -0.415 e. The lowest BCUT2D eigenvalue weighted by Gasteiger charge is -1.97. The summed E-state index contributed by atoms with van der Waals surface area (Å²) < 4.78 is 5.76. The maximum absolute atomic E-state index is 5.76. The van der Waals surface area contributed by atoms with E-state index in [2.05, 4.69) is 29.4 Å². The molecule has 0 saturated carbocycles. The monoisotopic (exact) mass is 276 g/mol. The van der Waals surface area contributed by atoms with Crippen molar-refractivity contribution < 1.29 is 4.42 Å². The van der Waals surface area contributed by atoms with Gasteiger partial charge in [-0.3, -0.25) is 0 Å². The summed E-state index contributed by atoms with van der Waals surface area (Å²) in [5.41, 5.74) is 2.39. The predicted molar refractivity (Wildman–Crippen MR) is 75.0 cm³/mol. The molecule has 0 unspecified atom stereocenters. The maximum Gasteiger partial charge on any atom is 0.258 e. The molecule has 3 aromatic heterocycles. The first-order valence-electron chi connectivity index (χ1n) is 5.74. The van der Waals surface area contributed by atoms with Crippen molar-refractivity contribution in [3.8, 4) is 22.2 Å². The van der Waals surface area contributed by atoms with Crippen LogP contribution in [0.3, 0.4) is 0 Å². The van der Waals surface area contributed by atoms with E-state index in [1.807, 2.05) is 17.5 Å². The van der Waals surface area contributed by atoms with E-state index in [4.69, 9.17) is 4.42 Å². The Morgan fingerprint density at radius 1 is 1.22 bits per heavy atom. The first-order valence-corrected chi connectivity index (χ1v) is 7.50. The molecule has 92 valence electrons. The highest BCUT2D eigenvalue weighted by molar-refractivity contribution is 7.13. The van der Waals surface area contributed by atoms with Crippen molar-refractivity contribution in [3.63, 3.8) is 0 Å². The molecule has 3 rings (SSSR count). The molecule has 3 aromatic rings. The third kappa shape index (κ3) is 1.89. The largest absolute Gasteiger partial charge is 0.415 e. The molecule has 0 saturated heterocycles. The van der Waals surface area contributed by atoms with Crippen LogP contribution in [-0.4, -0.2) is 10.2 Å². The summed E-state index contributed by atoms with van der Waals surface area (Å²) in [6.07, 6.45) is 0.987. The van der Waals surface area contributed by atoms with Gasteiger partial charge in [0.25, 0.3) is 5.89 Å². The summed E-state index contributed by atoms with van der Waals surface area (Å²) >= 11 is 3.34. The second-order valence-corrected chi connectivity index (χ2v) is 5.96. The van der Waals surface area contributed by atoms with Crippen LogP contribution in [-0.2, 0) is 6.42 Å². The van der Waals surface area contributed by atoms with Crippen LogP contribution in [0.4, 0.5) is 0 Å². The van der Waals surface area contributed by atoms with Crippen molar-refractivity contribution in [2.24, 2.45) is 0 Å². The molecule has 3 heterocycles. The van der Waals surface area contributed by atoms with Gasteiger partial charge in [-0.25, -0.2) is 0 Å². The molecule has 0 N–H and O–H groups in total. The van der Waals surface area contributed by atoms with Crippen molar-refractivity contribution in [3.05, 3.63) is 33.3 Å². The van der Waals surface area contributed by atoms with E-state index in [0.29, 0.717) is 11.8 Å². The quantitative estimate of drug-likeness (QED) is 0.712. The van der Waals surface area contributed by atoms with Gasteiger partial charge < -0.3 is 4.42 Å². The molecular formula is C13H12N2OS2. The van der Waals surface area contributed by atoms with Gasteiger partial charge in [-0.15, -0.1) is 32.9 Å². The highest BCUT2D eigenvalue weighted by Crippen LogP contribution is 2.33. The summed E-state index contributed by atoms with van der Waals surface area (Å²) in [6, 6.07) is 3.97. The summed E-state index contributed by atoms with van der Waals surface area (Å²) in [5, 5.41) is 12.4. The van der Waals surface area contributed by atoms with Crippen molar-refractivity contribution >= 4 is 22.7 Å². The van der Waals surface area contributed by atoms with Crippen LogP contribution in [0.25, 0.3) is 22.2 Å². The highest BCUT2D eigenvalue weighted by atomic mass is 32.1. The van der Waals surface area contributed by atoms with Crippen molar-refractivity contribution in [2.75, 3.05) is 0 Å². The fraction of sp³-hybridized carbons (Fsp3) is 0.231. The number of thiophene rings is 2. The molecule has 0 aliphatic rings. The summed E-state index contributed by atoms with van der Waals surface area (Å²) in [4.78, 5) is 2.34. The smallest absolute Gasteiger partial charge is 0.258 e. The van der Waals surface area contributed by atoms with Crippen LogP contribution in [0.1, 0.15) is 17.4 Å². The lowest BCUT2D eigenvalue weighted by atomic mass is 10.1.